The average molecular weight is 249 g/mol. The van der Waals surface area contributed by atoms with Gasteiger partial charge in [-0.3, -0.25) is 0 Å². The number of anilines is 1. The highest BCUT2D eigenvalue weighted by atomic mass is 19.1. The third-order valence-electron chi connectivity index (χ3n) is 2.52. The summed E-state index contributed by atoms with van der Waals surface area (Å²) in [7, 11) is 0. The predicted molar refractivity (Wildman–Crippen MR) is 67.8 cm³/mol. The lowest BCUT2D eigenvalue weighted by Gasteiger charge is -2.02. The standard InChI is InChI=1S/C13H16FN3O/c1-8(2)7-15-13-16-12(17-18-13)10-5-4-9(3)11(14)6-10/h4-6,8H,7H2,1-3H3,(H,15,16,17). The Morgan fingerprint density at radius 3 is 2.83 bits per heavy atom. The van der Waals surface area contributed by atoms with Gasteiger partial charge in [0.1, 0.15) is 5.82 Å². The summed E-state index contributed by atoms with van der Waals surface area (Å²) < 4.78 is 18.5. The second-order valence-corrected chi connectivity index (χ2v) is 4.66. The van der Waals surface area contributed by atoms with Gasteiger partial charge in [-0.05, 0) is 24.5 Å². The molecule has 18 heavy (non-hydrogen) atoms. The molecule has 0 saturated heterocycles. The summed E-state index contributed by atoms with van der Waals surface area (Å²) in [5.74, 6) is 0.603. The third-order valence-corrected chi connectivity index (χ3v) is 2.52. The van der Waals surface area contributed by atoms with Crippen molar-refractivity contribution in [1.29, 1.82) is 0 Å². The normalized spacial score (nSPS) is 10.9. The number of rotatable bonds is 4. The Kier molecular flexibility index (Phi) is 3.60. The fourth-order valence-corrected chi connectivity index (χ4v) is 1.44. The molecule has 0 spiro atoms. The van der Waals surface area contributed by atoms with E-state index in [2.05, 4.69) is 29.3 Å². The van der Waals surface area contributed by atoms with Gasteiger partial charge < -0.3 is 9.84 Å². The van der Waals surface area contributed by atoms with Crippen molar-refractivity contribution in [2.75, 3.05) is 11.9 Å². The molecule has 1 aromatic carbocycles. The van der Waals surface area contributed by atoms with Gasteiger partial charge in [0.15, 0.2) is 0 Å². The number of halogens is 1. The molecule has 2 aromatic rings. The van der Waals surface area contributed by atoms with E-state index in [1.165, 1.54) is 6.07 Å². The van der Waals surface area contributed by atoms with E-state index in [0.29, 0.717) is 28.9 Å². The zero-order valence-electron chi connectivity index (χ0n) is 10.7. The Bertz CT molecular complexity index is 537. The first-order valence-electron chi connectivity index (χ1n) is 5.90. The molecule has 1 heterocycles. The van der Waals surface area contributed by atoms with Gasteiger partial charge >= 0.3 is 6.01 Å². The molecule has 5 heteroatoms. The molecular formula is C13H16FN3O. The summed E-state index contributed by atoms with van der Waals surface area (Å²) in [6.07, 6.45) is 0. The van der Waals surface area contributed by atoms with E-state index in [1.807, 2.05) is 0 Å². The fourth-order valence-electron chi connectivity index (χ4n) is 1.44. The summed E-state index contributed by atoms with van der Waals surface area (Å²) in [5.41, 5.74) is 1.21. The van der Waals surface area contributed by atoms with E-state index in [1.54, 1.807) is 19.1 Å². The molecular weight excluding hydrogens is 233 g/mol. The first-order valence-corrected chi connectivity index (χ1v) is 5.90. The van der Waals surface area contributed by atoms with E-state index in [9.17, 15) is 4.39 Å². The van der Waals surface area contributed by atoms with Gasteiger partial charge in [0.05, 0.1) is 0 Å². The third kappa shape index (κ3) is 2.85. The molecule has 0 bridgehead atoms. The van der Waals surface area contributed by atoms with Crippen LogP contribution in [0.3, 0.4) is 0 Å². The molecule has 0 fully saturated rings. The van der Waals surface area contributed by atoms with Crippen molar-refractivity contribution in [3.8, 4) is 11.4 Å². The molecule has 1 aromatic heterocycles. The molecule has 0 atom stereocenters. The topological polar surface area (TPSA) is 51.0 Å². The Morgan fingerprint density at radius 1 is 1.39 bits per heavy atom. The van der Waals surface area contributed by atoms with Gasteiger partial charge in [-0.1, -0.05) is 31.1 Å². The minimum Gasteiger partial charge on any atom is -0.337 e. The van der Waals surface area contributed by atoms with E-state index in [4.69, 9.17) is 4.52 Å². The Morgan fingerprint density at radius 2 is 2.17 bits per heavy atom. The second-order valence-electron chi connectivity index (χ2n) is 4.66. The highest BCUT2D eigenvalue weighted by Gasteiger charge is 2.10. The van der Waals surface area contributed by atoms with Crippen LogP contribution in [-0.2, 0) is 0 Å². The predicted octanol–water partition coefficient (Wildman–Crippen LogP) is 3.25. The van der Waals surface area contributed by atoms with Crippen molar-refractivity contribution in [2.24, 2.45) is 5.92 Å². The SMILES string of the molecule is Cc1ccc(-c2noc(NCC(C)C)n2)cc1F. The summed E-state index contributed by atoms with van der Waals surface area (Å²) in [6.45, 7) is 6.63. The molecule has 0 radical (unpaired) electrons. The molecule has 0 unspecified atom stereocenters. The van der Waals surface area contributed by atoms with Gasteiger partial charge in [-0.25, -0.2) is 4.39 Å². The Balaban J connectivity index is 2.16. The number of aryl methyl sites for hydroxylation is 1. The van der Waals surface area contributed by atoms with Crippen LogP contribution >= 0.6 is 0 Å². The average Bonchev–Trinajstić information content (AvgIpc) is 2.79. The number of hydrogen-bond donors (Lipinski definition) is 1. The van der Waals surface area contributed by atoms with Crippen LogP contribution in [0.1, 0.15) is 19.4 Å². The van der Waals surface area contributed by atoms with Crippen LogP contribution < -0.4 is 5.32 Å². The van der Waals surface area contributed by atoms with Gasteiger partial charge in [-0.15, -0.1) is 0 Å². The monoisotopic (exact) mass is 249 g/mol. The Hall–Kier alpha value is -1.91. The molecule has 0 aliphatic rings. The van der Waals surface area contributed by atoms with Crippen LogP contribution in [0.4, 0.5) is 10.4 Å². The molecule has 1 N–H and O–H groups in total. The zero-order chi connectivity index (χ0) is 13.1. The highest BCUT2D eigenvalue weighted by Crippen LogP contribution is 2.20. The number of nitrogens with one attached hydrogen (secondary N) is 1. The maximum absolute atomic E-state index is 13.4. The summed E-state index contributed by atoms with van der Waals surface area (Å²) >= 11 is 0. The smallest absolute Gasteiger partial charge is 0.321 e. The summed E-state index contributed by atoms with van der Waals surface area (Å²) in [4.78, 5) is 4.17. The Labute approximate surface area is 105 Å². The minimum atomic E-state index is -0.269. The lowest BCUT2D eigenvalue weighted by molar-refractivity contribution is 0.429. The quantitative estimate of drug-likeness (QED) is 0.903. The lowest BCUT2D eigenvalue weighted by atomic mass is 10.1. The van der Waals surface area contributed by atoms with Crippen LogP contribution in [0.2, 0.25) is 0 Å². The molecule has 0 aliphatic heterocycles. The van der Waals surface area contributed by atoms with Crippen LogP contribution in [0, 0.1) is 18.7 Å². The van der Waals surface area contributed by atoms with E-state index in [-0.39, 0.29) is 5.82 Å². The van der Waals surface area contributed by atoms with Crippen LogP contribution in [0.15, 0.2) is 22.7 Å². The molecule has 4 nitrogen and oxygen atoms in total. The fraction of sp³-hybridized carbons (Fsp3) is 0.385. The first-order chi connectivity index (χ1) is 8.56. The van der Waals surface area contributed by atoms with Crippen molar-refractivity contribution in [3.05, 3.63) is 29.6 Å². The highest BCUT2D eigenvalue weighted by molar-refractivity contribution is 5.56. The van der Waals surface area contributed by atoms with Crippen molar-refractivity contribution in [3.63, 3.8) is 0 Å². The van der Waals surface area contributed by atoms with Crippen molar-refractivity contribution in [1.82, 2.24) is 10.1 Å². The second kappa shape index (κ2) is 5.16. The van der Waals surface area contributed by atoms with Crippen LogP contribution in [-0.4, -0.2) is 16.7 Å². The zero-order valence-corrected chi connectivity index (χ0v) is 10.7. The molecule has 0 aliphatic carbocycles. The van der Waals surface area contributed by atoms with Crippen LogP contribution in [0.5, 0.6) is 0 Å². The molecule has 2 rings (SSSR count). The van der Waals surface area contributed by atoms with Crippen LogP contribution in [0.25, 0.3) is 11.4 Å². The number of hydrogen-bond acceptors (Lipinski definition) is 4. The van der Waals surface area contributed by atoms with Crippen molar-refractivity contribution in [2.45, 2.75) is 20.8 Å². The van der Waals surface area contributed by atoms with E-state index < -0.39 is 0 Å². The maximum Gasteiger partial charge on any atom is 0.321 e. The van der Waals surface area contributed by atoms with Crippen molar-refractivity contribution < 1.29 is 8.91 Å². The van der Waals surface area contributed by atoms with Gasteiger partial charge in [0, 0.05) is 12.1 Å². The largest absolute Gasteiger partial charge is 0.337 e. The maximum atomic E-state index is 13.4. The van der Waals surface area contributed by atoms with E-state index in [0.717, 1.165) is 6.54 Å². The summed E-state index contributed by atoms with van der Waals surface area (Å²) in [6, 6.07) is 5.24. The number of benzene rings is 1. The molecule has 0 saturated carbocycles. The van der Waals surface area contributed by atoms with Gasteiger partial charge in [-0.2, -0.15) is 4.98 Å². The lowest BCUT2D eigenvalue weighted by Crippen LogP contribution is -2.07. The first kappa shape index (κ1) is 12.5. The molecule has 96 valence electrons. The van der Waals surface area contributed by atoms with Gasteiger partial charge in [0.25, 0.3) is 0 Å². The molecule has 0 amide bonds. The van der Waals surface area contributed by atoms with E-state index >= 15 is 0 Å². The number of aromatic nitrogens is 2. The van der Waals surface area contributed by atoms with Gasteiger partial charge in [0.2, 0.25) is 5.82 Å². The minimum absolute atomic E-state index is 0.269. The number of nitrogens with zero attached hydrogens (tertiary/aromatic N) is 2. The summed E-state index contributed by atoms with van der Waals surface area (Å²) in [5, 5.41) is 6.85. The van der Waals surface area contributed by atoms with Crippen molar-refractivity contribution >= 4 is 6.01 Å².